The third-order valence-electron chi connectivity index (χ3n) is 17.2. The van der Waals surface area contributed by atoms with Crippen LogP contribution in [-0.4, -0.2) is 181 Å². The number of halogens is 1. The predicted octanol–water partition coefficient (Wildman–Crippen LogP) is 4.25. The molecule has 0 saturated carbocycles. The maximum atomic E-state index is 15.2. The molecule has 18 nitrogen and oxygen atoms in total. The number of aliphatic hydroxyl groups excluding tert-OH is 1. The molecule has 3 amide bonds. The lowest BCUT2D eigenvalue weighted by molar-refractivity contribution is -0.136. The Morgan fingerprint density at radius 1 is 1.06 bits per heavy atom. The van der Waals surface area contributed by atoms with E-state index in [1.165, 1.54) is 25.1 Å². The van der Waals surface area contributed by atoms with E-state index in [1.54, 1.807) is 29.2 Å². The van der Waals surface area contributed by atoms with Crippen LogP contribution in [-0.2, 0) is 14.4 Å². The van der Waals surface area contributed by atoms with Crippen molar-refractivity contribution in [2.24, 2.45) is 5.92 Å². The number of likely N-dealkylation sites (N-methyl/N-ethyl adjacent to an activating group) is 1. The highest BCUT2D eigenvalue weighted by molar-refractivity contribution is 7.28. The van der Waals surface area contributed by atoms with Crippen LogP contribution in [0.4, 0.5) is 15.9 Å². The van der Waals surface area contributed by atoms with Gasteiger partial charge in [0.05, 0.1) is 45.9 Å². The lowest BCUT2D eigenvalue weighted by Crippen LogP contribution is -2.51. The van der Waals surface area contributed by atoms with Crippen LogP contribution in [0.2, 0.25) is 0 Å². The first-order chi connectivity index (χ1) is 38.8. The van der Waals surface area contributed by atoms with Gasteiger partial charge in [0.15, 0.2) is 6.29 Å². The van der Waals surface area contributed by atoms with Crippen molar-refractivity contribution in [1.82, 2.24) is 45.6 Å². The maximum absolute atomic E-state index is 15.2. The number of aromatic nitrogens is 3. The zero-order valence-electron chi connectivity index (χ0n) is 45.6. The van der Waals surface area contributed by atoms with Gasteiger partial charge in [0.2, 0.25) is 11.8 Å². The number of carbonyl (C=O) groups excluding carboxylic acids is 5. The molecule has 10 rings (SSSR count). The lowest BCUT2D eigenvalue weighted by Gasteiger charge is -2.36. The molecule has 5 saturated heterocycles. The molecule has 6 unspecified atom stereocenters. The van der Waals surface area contributed by atoms with E-state index >= 15 is 4.39 Å². The molecule has 0 radical (unpaired) electrons. The Kier molecular flexibility index (Phi) is 17.2. The average molecular weight is 1110 g/mol. The van der Waals surface area contributed by atoms with Gasteiger partial charge in [-0.15, -0.1) is 15.7 Å². The van der Waals surface area contributed by atoms with Gasteiger partial charge < -0.3 is 50.2 Å². The first-order valence-corrected chi connectivity index (χ1v) is 28.4. The molecule has 2 bridgehead atoms. The van der Waals surface area contributed by atoms with Crippen molar-refractivity contribution in [2.45, 2.75) is 87.5 Å². The van der Waals surface area contributed by atoms with Crippen molar-refractivity contribution in [3.63, 3.8) is 0 Å². The number of nitrogens with one attached hydrogen (secondary N) is 3. The minimum atomic E-state index is -0.853. The summed E-state index contributed by atoms with van der Waals surface area (Å²) in [4.78, 5) is 88.8. The van der Waals surface area contributed by atoms with E-state index in [0.717, 1.165) is 84.9 Å². The number of hydrogen-bond acceptors (Lipinski definition) is 15. The fourth-order valence-electron chi connectivity index (χ4n) is 12.9. The molecular formula is C60H71FN11O7P. The van der Waals surface area contributed by atoms with Crippen molar-refractivity contribution in [2.75, 3.05) is 96.0 Å². The highest BCUT2D eigenvalue weighted by Gasteiger charge is 2.51. The Labute approximate surface area is 468 Å². The van der Waals surface area contributed by atoms with Crippen molar-refractivity contribution in [1.29, 1.82) is 0 Å². The molecular weight excluding hydrogens is 1040 g/mol. The summed E-state index contributed by atoms with van der Waals surface area (Å²) in [5.74, 6) is 1.87. The van der Waals surface area contributed by atoms with Crippen molar-refractivity contribution in [3.8, 4) is 29.6 Å². The van der Waals surface area contributed by atoms with Crippen molar-refractivity contribution in [3.05, 3.63) is 89.4 Å². The molecule has 6 atom stereocenters. The molecule has 5 fully saturated rings. The largest absolute Gasteiger partial charge is 0.461 e. The number of fused-ring (bicyclic) bond motifs is 5. The summed E-state index contributed by atoms with van der Waals surface area (Å²) in [6.07, 6.45) is 15.1. The second-order valence-electron chi connectivity index (χ2n) is 22.1. The van der Waals surface area contributed by atoms with Gasteiger partial charge >= 0.3 is 6.01 Å². The monoisotopic (exact) mass is 1110 g/mol. The number of aliphatic hydroxyl groups is 1. The van der Waals surface area contributed by atoms with Crippen LogP contribution in [0.25, 0.3) is 32.9 Å². The quantitative estimate of drug-likeness (QED) is 0.0267. The van der Waals surface area contributed by atoms with Gasteiger partial charge in [0.25, 0.3) is 5.91 Å². The Bertz CT molecular complexity index is 3250. The molecule has 5 aliphatic rings. The van der Waals surface area contributed by atoms with E-state index in [1.807, 2.05) is 24.4 Å². The Balaban J connectivity index is 0.780. The first kappa shape index (κ1) is 56.3. The first-order valence-electron chi connectivity index (χ1n) is 27.9. The molecule has 5 aromatic rings. The van der Waals surface area contributed by atoms with Gasteiger partial charge in [-0.25, -0.2) is 4.39 Å². The van der Waals surface area contributed by atoms with Gasteiger partial charge in [-0.2, -0.15) is 9.97 Å². The Morgan fingerprint density at radius 3 is 2.58 bits per heavy atom. The van der Waals surface area contributed by atoms with E-state index in [0.29, 0.717) is 99.0 Å². The van der Waals surface area contributed by atoms with Gasteiger partial charge in [0.1, 0.15) is 24.5 Å². The highest BCUT2D eigenvalue weighted by atomic mass is 31.0. The number of pyridine rings is 1. The van der Waals surface area contributed by atoms with Crippen LogP contribution >= 0.6 is 9.24 Å². The minimum absolute atomic E-state index is 0.00883. The number of rotatable bonds is 21. The maximum Gasteiger partial charge on any atom is 0.319 e. The SMILES string of the molecule is C#Cc1c(F)ccc2cccc(-c3ncc4c(N5CC6CCC(C5)N6)nc(OCC56CCC(CNCCN(CCO)C(=O)C7CCN(c8ccc(C=O)c(C(=O)N(C)C(C=O)CCC(=O)NC)c8)CC7)N5CC(=C)C6)nc4c3P)c12. The number of carbonyl (C=O) groups is 5. The number of benzene rings is 3. The number of hydrogen-bond donors (Lipinski definition) is 4. The Hall–Kier alpha value is -6.94. The van der Waals surface area contributed by atoms with E-state index in [4.69, 9.17) is 26.1 Å². The third-order valence-corrected chi connectivity index (χ3v) is 17.8. The number of terminal acetylenes is 1. The minimum Gasteiger partial charge on any atom is -0.461 e. The second-order valence-corrected chi connectivity index (χ2v) is 22.7. The van der Waals surface area contributed by atoms with Gasteiger partial charge in [0, 0.05) is 137 Å². The Morgan fingerprint density at radius 2 is 1.85 bits per heavy atom. The topological polar surface area (TPSA) is 206 Å². The summed E-state index contributed by atoms with van der Waals surface area (Å²) >= 11 is 0. The number of piperazine rings is 1. The van der Waals surface area contributed by atoms with Crippen molar-refractivity contribution >= 4 is 78.0 Å². The number of nitrogens with zero attached hydrogens (tertiary/aromatic N) is 8. The van der Waals surface area contributed by atoms with Gasteiger partial charge in [-0.05, 0) is 81.0 Å². The highest BCUT2D eigenvalue weighted by Crippen LogP contribution is 2.45. The standard InChI is InChI=1S/C60H71FN11O7P/c1-5-46-50(61)15-10-38-7-6-8-47(52(38)46)53-55(80)54-49(30-64-53)56(71-32-41-11-12-42(33-71)65-41)67-59(66-54)79-36-60-20-17-44(72(60)31-37(2)28-60)29-63-21-24-70(25-26-73)57(77)39-18-22-69(23-19-39)43-13-9-40(34-74)48(27-43)58(78)68(4)45(35-75)14-16-51(76)62-3/h1,6-10,13,15,27,30,34-35,39,41-42,44-45,63,65,73H,2,11-12,14,16-26,28-29,31-33,36,80H2,3-4H3,(H,62,76). The third kappa shape index (κ3) is 11.4. The molecule has 5 aliphatic heterocycles. The number of anilines is 2. The number of aldehydes is 2. The molecule has 7 heterocycles. The fourth-order valence-corrected chi connectivity index (χ4v) is 13.4. The molecule has 2 aromatic heterocycles. The van der Waals surface area contributed by atoms with Crippen molar-refractivity contribution < 1.29 is 38.2 Å². The molecule has 20 heteroatoms. The summed E-state index contributed by atoms with van der Waals surface area (Å²) in [5.41, 5.74) is 4.09. The summed E-state index contributed by atoms with van der Waals surface area (Å²) in [5, 5.41) is 22.9. The zero-order valence-corrected chi connectivity index (χ0v) is 46.7. The van der Waals surface area contributed by atoms with E-state index in [-0.39, 0.29) is 78.0 Å². The fraction of sp³-hybridized carbons (Fsp3) is 0.467. The number of amides is 3. The molecule has 80 heavy (non-hydrogen) atoms. The summed E-state index contributed by atoms with van der Waals surface area (Å²) in [7, 11) is 5.83. The summed E-state index contributed by atoms with van der Waals surface area (Å²) in [6.45, 7) is 9.92. The number of ether oxygens (including phenoxy) is 1. The lowest BCUT2D eigenvalue weighted by atomic mass is 9.94. The van der Waals surface area contributed by atoms with Gasteiger partial charge in [-0.1, -0.05) is 42.3 Å². The summed E-state index contributed by atoms with van der Waals surface area (Å²) < 4.78 is 22.0. The van der Waals surface area contributed by atoms with Crippen LogP contribution < -0.4 is 35.8 Å². The smallest absolute Gasteiger partial charge is 0.319 e. The van der Waals surface area contributed by atoms with Crippen LogP contribution in [0.5, 0.6) is 6.01 Å². The van der Waals surface area contributed by atoms with Crippen LogP contribution in [0, 0.1) is 24.1 Å². The number of piperidine rings is 1. The van der Waals surface area contributed by atoms with Crippen LogP contribution in [0.15, 0.2) is 66.9 Å². The van der Waals surface area contributed by atoms with Crippen LogP contribution in [0.1, 0.15) is 84.1 Å². The predicted molar refractivity (Wildman–Crippen MR) is 310 cm³/mol. The van der Waals surface area contributed by atoms with E-state index in [9.17, 15) is 29.1 Å². The molecule has 3 aromatic carbocycles. The molecule has 0 aliphatic carbocycles. The zero-order chi connectivity index (χ0) is 56.2. The van der Waals surface area contributed by atoms with Crippen LogP contribution in [0.3, 0.4) is 0 Å². The normalized spacial score (nSPS) is 21.4. The average Bonchev–Trinajstić information content (AvgIpc) is 4.19. The van der Waals surface area contributed by atoms with E-state index in [2.05, 4.69) is 52.4 Å². The summed E-state index contributed by atoms with van der Waals surface area (Å²) in [6, 6.07) is 14.2. The molecule has 4 N–H and O–H groups in total. The molecule has 0 spiro atoms. The van der Waals surface area contributed by atoms with E-state index < -0.39 is 17.8 Å². The molecule has 420 valence electrons. The van der Waals surface area contributed by atoms with Gasteiger partial charge in [-0.3, -0.25) is 29.1 Å². The second kappa shape index (κ2) is 24.4.